The minimum atomic E-state index is -5.77. The number of fused-ring (bicyclic) bond motifs is 3. The zero-order valence-electron chi connectivity index (χ0n) is 29.0. The predicted octanol–water partition coefficient (Wildman–Crippen LogP) is 10.2. The normalized spacial score (nSPS) is 19.6. The van der Waals surface area contributed by atoms with Gasteiger partial charge < -0.3 is 4.90 Å². The van der Waals surface area contributed by atoms with Crippen molar-refractivity contribution < 1.29 is 26.2 Å². The molecule has 0 saturated heterocycles. The van der Waals surface area contributed by atoms with Crippen LogP contribution in [0.3, 0.4) is 0 Å². The van der Waals surface area contributed by atoms with Crippen LogP contribution in [-0.2, 0) is 20.9 Å². The van der Waals surface area contributed by atoms with E-state index < -0.39 is 26.4 Å². The third kappa shape index (κ3) is 5.53. The van der Waals surface area contributed by atoms with Crippen molar-refractivity contribution in [1.82, 2.24) is 4.31 Å². The number of nitrogens with zero attached hydrogens (tertiary/aromatic N) is 3. The number of hydrogen-bond acceptors (Lipinski definition) is 3. The lowest BCUT2D eigenvalue weighted by atomic mass is 9.81. The van der Waals surface area contributed by atoms with Crippen LogP contribution in [0.1, 0.15) is 63.8 Å². The van der Waals surface area contributed by atoms with Gasteiger partial charge in [0.1, 0.15) is 6.54 Å². The Kier molecular flexibility index (Phi) is 8.98. The van der Waals surface area contributed by atoms with Gasteiger partial charge in [-0.2, -0.15) is 26.2 Å². The Morgan fingerprint density at radius 3 is 2.10 bits per heavy atom. The maximum absolute atomic E-state index is 14.2. The molecular formula is C39H39Cl2F3N3O2S+. The molecule has 262 valence electrons. The van der Waals surface area contributed by atoms with E-state index in [4.69, 9.17) is 23.2 Å². The first-order valence-electron chi connectivity index (χ1n) is 16.4. The highest BCUT2D eigenvalue weighted by molar-refractivity contribution is 7.90. The average molecular weight is 742 g/mol. The topological polar surface area (TPSA) is 43.6 Å². The molecule has 11 heteroatoms. The highest BCUT2D eigenvalue weighted by atomic mass is 35.5. The zero-order chi connectivity index (χ0) is 36.6. The lowest BCUT2D eigenvalue weighted by molar-refractivity contribution is -0.433. The summed E-state index contributed by atoms with van der Waals surface area (Å²) in [5.41, 5.74) is 1.27. The minimum Gasteiger partial charge on any atom is -0.344 e. The van der Waals surface area contributed by atoms with Crippen LogP contribution in [0, 0.1) is 0 Å². The molecule has 3 aromatic carbocycles. The molecule has 2 heterocycles. The highest BCUT2D eigenvalue weighted by Crippen LogP contribution is 2.50. The molecule has 0 atom stereocenters. The third-order valence-electron chi connectivity index (χ3n) is 10.1. The van der Waals surface area contributed by atoms with E-state index in [0.717, 1.165) is 41.0 Å². The summed E-state index contributed by atoms with van der Waals surface area (Å²) in [6.07, 6.45) is 7.26. The number of hydrogen-bond donors (Lipinski definition) is 0. The van der Waals surface area contributed by atoms with E-state index in [1.807, 2.05) is 74.5 Å². The molecule has 0 amide bonds. The molecular weight excluding hydrogens is 702 g/mol. The van der Waals surface area contributed by atoms with E-state index in [0.29, 0.717) is 49.7 Å². The van der Waals surface area contributed by atoms with Gasteiger partial charge in [-0.15, -0.1) is 0 Å². The largest absolute Gasteiger partial charge is 0.516 e. The van der Waals surface area contributed by atoms with Gasteiger partial charge in [-0.25, -0.2) is 0 Å². The van der Waals surface area contributed by atoms with Crippen molar-refractivity contribution in [3.8, 4) is 0 Å². The van der Waals surface area contributed by atoms with E-state index in [2.05, 4.69) is 37.2 Å². The second kappa shape index (κ2) is 12.5. The number of rotatable bonds is 7. The van der Waals surface area contributed by atoms with E-state index >= 15 is 0 Å². The van der Waals surface area contributed by atoms with Gasteiger partial charge in [-0.3, -0.25) is 4.31 Å². The summed E-state index contributed by atoms with van der Waals surface area (Å²) in [7, 11) is -4.80. The molecule has 3 aromatic rings. The Morgan fingerprint density at radius 2 is 1.48 bits per heavy atom. The maximum atomic E-state index is 14.2. The maximum Gasteiger partial charge on any atom is 0.516 e. The van der Waals surface area contributed by atoms with Crippen LogP contribution < -0.4 is 4.90 Å². The predicted molar refractivity (Wildman–Crippen MR) is 199 cm³/mol. The summed E-state index contributed by atoms with van der Waals surface area (Å²) in [5, 5.41) is 1.21. The van der Waals surface area contributed by atoms with E-state index in [1.165, 1.54) is 0 Å². The molecule has 3 aliphatic rings. The smallest absolute Gasteiger partial charge is 0.344 e. The summed E-state index contributed by atoms with van der Waals surface area (Å²) in [6, 6.07) is 18.7. The summed E-state index contributed by atoms with van der Waals surface area (Å²) in [4.78, 5) is 2.14. The Balaban J connectivity index is 1.59. The molecule has 0 aromatic heterocycles. The Labute approximate surface area is 302 Å². The Bertz CT molecular complexity index is 2200. The van der Waals surface area contributed by atoms with Crippen LogP contribution in [0.4, 0.5) is 24.5 Å². The number of anilines is 1. The minimum absolute atomic E-state index is 0.0592. The monoisotopic (exact) mass is 740 g/mol. The van der Waals surface area contributed by atoms with Crippen molar-refractivity contribution >= 4 is 61.5 Å². The van der Waals surface area contributed by atoms with Crippen molar-refractivity contribution in [2.75, 3.05) is 25.0 Å². The van der Waals surface area contributed by atoms with Gasteiger partial charge in [0, 0.05) is 69.3 Å². The molecule has 0 radical (unpaired) electrons. The van der Waals surface area contributed by atoms with Gasteiger partial charge >= 0.3 is 15.5 Å². The SMILES string of the molecule is CCN1/C(=C/C=C2C(N(C)S(=O)(=O)C(F)(F)F)=C(/C=C/C3=[N+](CC)c4ccc(Cl)cc4C3(C)C)c3ccccc3/2)C(C)(C)c2cc(Cl)ccc21. The fraction of sp³-hybridized carbons (Fsp3) is 0.308. The van der Waals surface area contributed by atoms with Crippen molar-refractivity contribution in [1.29, 1.82) is 0 Å². The van der Waals surface area contributed by atoms with Crippen LogP contribution in [0.5, 0.6) is 0 Å². The van der Waals surface area contributed by atoms with Crippen molar-refractivity contribution in [2.45, 2.75) is 57.9 Å². The number of alkyl halides is 3. The first-order chi connectivity index (χ1) is 23.4. The second-order valence-electron chi connectivity index (χ2n) is 13.6. The first-order valence-corrected chi connectivity index (χ1v) is 18.6. The van der Waals surface area contributed by atoms with Crippen molar-refractivity contribution in [3.63, 3.8) is 0 Å². The molecule has 6 rings (SSSR count). The fourth-order valence-corrected chi connectivity index (χ4v) is 8.70. The molecule has 1 aliphatic carbocycles. The Hall–Kier alpha value is -3.79. The van der Waals surface area contributed by atoms with E-state index in [1.54, 1.807) is 24.3 Å². The van der Waals surface area contributed by atoms with Crippen LogP contribution in [0.2, 0.25) is 10.0 Å². The van der Waals surface area contributed by atoms with Crippen LogP contribution in [0.25, 0.3) is 11.1 Å². The number of allylic oxidation sites excluding steroid dienone is 7. The van der Waals surface area contributed by atoms with Crippen LogP contribution in [0.15, 0.2) is 96.4 Å². The molecule has 0 saturated carbocycles. The zero-order valence-corrected chi connectivity index (χ0v) is 31.3. The van der Waals surface area contributed by atoms with E-state index in [9.17, 15) is 21.6 Å². The average Bonchev–Trinajstić information content (AvgIpc) is 3.56. The first kappa shape index (κ1) is 36.0. The van der Waals surface area contributed by atoms with Gasteiger partial charge in [-0.05, 0) is 86.9 Å². The van der Waals surface area contributed by atoms with Crippen molar-refractivity contribution in [2.24, 2.45) is 0 Å². The lowest BCUT2D eigenvalue weighted by Gasteiger charge is -2.26. The standard InChI is InChI=1S/C39H39Cl2F3N3O2S/c1-8-46-32-18-14-24(40)22-30(32)37(3,4)34(46)20-16-28-26-12-10-11-13-27(26)29(36(28)45(7)50(48,49)39(42,43)44)17-21-35-38(5,6)31-23-25(41)15-19-33(31)47(35)9-2/h10-23H,8-9H2,1-7H3/q+1. The summed E-state index contributed by atoms with van der Waals surface area (Å²) >= 11 is 12.8. The number of sulfonamides is 1. The molecule has 5 nitrogen and oxygen atoms in total. The van der Waals surface area contributed by atoms with Crippen LogP contribution in [-0.4, -0.2) is 48.7 Å². The molecule has 0 spiro atoms. The van der Waals surface area contributed by atoms with Gasteiger partial charge in [-0.1, -0.05) is 67.4 Å². The quantitative estimate of drug-likeness (QED) is 0.227. The van der Waals surface area contributed by atoms with Gasteiger partial charge in [0.2, 0.25) is 5.69 Å². The molecule has 0 unspecified atom stereocenters. The summed E-state index contributed by atoms with van der Waals surface area (Å²) in [6.45, 7) is 13.6. The fourth-order valence-electron chi connectivity index (χ4n) is 7.61. The number of benzene rings is 3. The molecule has 0 fully saturated rings. The number of halogens is 5. The van der Waals surface area contributed by atoms with E-state index in [-0.39, 0.29) is 5.70 Å². The molecule has 2 aliphatic heterocycles. The molecule has 0 N–H and O–H groups in total. The van der Waals surface area contributed by atoms with Gasteiger partial charge in [0.25, 0.3) is 0 Å². The summed E-state index contributed by atoms with van der Waals surface area (Å²) in [5.74, 6) is 0. The highest BCUT2D eigenvalue weighted by Gasteiger charge is 2.51. The Morgan fingerprint density at radius 1 is 0.860 bits per heavy atom. The lowest BCUT2D eigenvalue weighted by Crippen LogP contribution is -2.37. The number of likely N-dealkylation sites (N-methyl/N-ethyl adjacent to an activating group) is 2. The summed E-state index contributed by atoms with van der Waals surface area (Å²) < 4.78 is 71.4. The van der Waals surface area contributed by atoms with Crippen molar-refractivity contribution in [3.05, 3.63) is 129 Å². The van der Waals surface area contributed by atoms with Crippen LogP contribution >= 0.6 is 23.2 Å². The third-order valence-corrected chi connectivity index (χ3v) is 12.1. The molecule has 50 heavy (non-hydrogen) atoms. The van der Waals surface area contributed by atoms with Gasteiger partial charge in [0.05, 0.1) is 11.1 Å². The van der Waals surface area contributed by atoms with Gasteiger partial charge in [0.15, 0.2) is 5.71 Å². The second-order valence-corrected chi connectivity index (χ2v) is 16.5. The molecule has 0 bridgehead atoms.